The predicted octanol–water partition coefficient (Wildman–Crippen LogP) is 1.47. The highest BCUT2D eigenvalue weighted by molar-refractivity contribution is 5.75. The third kappa shape index (κ3) is 5.44. The molecule has 2 N–H and O–H groups in total. The maximum atomic E-state index is 12.3. The van der Waals surface area contributed by atoms with Crippen LogP contribution in [0.4, 0.5) is 13.2 Å². The number of nitrogens with zero attached hydrogens (tertiary/aromatic N) is 1. The van der Waals surface area contributed by atoms with Gasteiger partial charge in [0, 0.05) is 5.56 Å². The van der Waals surface area contributed by atoms with E-state index in [0.29, 0.717) is 12.1 Å². The fraction of sp³-hybridized carbons (Fsp3) is 0.308. The van der Waals surface area contributed by atoms with Gasteiger partial charge in [0.25, 0.3) is 0 Å². The second-order valence-electron chi connectivity index (χ2n) is 4.02. The zero-order chi connectivity index (χ0) is 14.5. The summed E-state index contributed by atoms with van der Waals surface area (Å²) in [6.45, 7) is 0.394. The molecule has 0 unspecified atom stereocenters. The highest BCUT2D eigenvalue weighted by atomic mass is 19.4. The summed E-state index contributed by atoms with van der Waals surface area (Å²) < 4.78 is 36.9. The molecule has 6 heteroatoms. The molecule has 0 heterocycles. The van der Waals surface area contributed by atoms with Gasteiger partial charge in [-0.25, -0.2) is 0 Å². The summed E-state index contributed by atoms with van der Waals surface area (Å²) in [5, 5.41) is 0. The Balaban J connectivity index is 2.62. The van der Waals surface area contributed by atoms with Gasteiger partial charge in [-0.05, 0) is 31.3 Å². The third-order valence-electron chi connectivity index (χ3n) is 2.22. The molecule has 0 bridgehead atoms. The molecule has 1 aromatic rings. The van der Waals surface area contributed by atoms with Crippen molar-refractivity contribution >= 4 is 5.91 Å². The Morgan fingerprint density at radius 1 is 1.32 bits per heavy atom. The first-order valence-electron chi connectivity index (χ1n) is 5.42. The van der Waals surface area contributed by atoms with Crippen molar-refractivity contribution < 1.29 is 18.0 Å². The van der Waals surface area contributed by atoms with Crippen LogP contribution in [0.5, 0.6) is 0 Å². The van der Waals surface area contributed by atoms with E-state index in [2.05, 4.69) is 11.8 Å². The Labute approximate surface area is 109 Å². The molecule has 0 saturated heterocycles. The van der Waals surface area contributed by atoms with Crippen molar-refractivity contribution in [3.05, 3.63) is 35.4 Å². The molecule has 0 spiro atoms. The maximum absolute atomic E-state index is 12.3. The number of alkyl halides is 3. The van der Waals surface area contributed by atoms with Gasteiger partial charge in [0.05, 0.1) is 18.7 Å². The molecule has 0 aliphatic carbocycles. The fourth-order valence-electron chi connectivity index (χ4n) is 1.34. The van der Waals surface area contributed by atoms with E-state index < -0.39 is 17.6 Å². The predicted molar refractivity (Wildman–Crippen MR) is 65.0 cm³/mol. The second-order valence-corrected chi connectivity index (χ2v) is 4.02. The molecular weight excluding hydrogens is 257 g/mol. The van der Waals surface area contributed by atoms with Crippen LogP contribution in [-0.2, 0) is 11.0 Å². The van der Waals surface area contributed by atoms with E-state index in [1.54, 1.807) is 11.9 Å². The first-order valence-corrected chi connectivity index (χ1v) is 5.42. The number of hydrogen-bond acceptors (Lipinski definition) is 2. The van der Waals surface area contributed by atoms with Gasteiger partial charge >= 0.3 is 6.18 Å². The lowest BCUT2D eigenvalue weighted by Gasteiger charge is -2.09. The summed E-state index contributed by atoms with van der Waals surface area (Å²) in [6.07, 6.45) is -4.34. The Kier molecular flexibility index (Phi) is 4.95. The topological polar surface area (TPSA) is 46.3 Å². The lowest BCUT2D eigenvalue weighted by atomic mass is 10.1. The molecular formula is C13H13F3N2O. The molecule has 0 atom stereocenters. The summed E-state index contributed by atoms with van der Waals surface area (Å²) in [7, 11) is 1.67. The van der Waals surface area contributed by atoms with Gasteiger partial charge in [0.1, 0.15) is 0 Å². The lowest BCUT2D eigenvalue weighted by molar-refractivity contribution is -0.137. The van der Waals surface area contributed by atoms with Crippen molar-refractivity contribution in [3.8, 4) is 11.8 Å². The van der Waals surface area contributed by atoms with Crippen molar-refractivity contribution in [1.82, 2.24) is 4.90 Å². The van der Waals surface area contributed by atoms with Gasteiger partial charge in [-0.1, -0.05) is 11.8 Å². The van der Waals surface area contributed by atoms with E-state index in [0.717, 1.165) is 12.1 Å². The highest BCUT2D eigenvalue weighted by Gasteiger charge is 2.29. The van der Waals surface area contributed by atoms with E-state index in [1.807, 2.05) is 0 Å². The molecule has 1 rings (SSSR count). The molecule has 102 valence electrons. The first kappa shape index (κ1) is 15.1. The summed E-state index contributed by atoms with van der Waals surface area (Å²) in [5.74, 6) is 5.01. The van der Waals surface area contributed by atoms with E-state index in [-0.39, 0.29) is 6.54 Å². The Bertz CT molecular complexity index is 497. The van der Waals surface area contributed by atoms with Crippen LogP contribution in [0.15, 0.2) is 24.3 Å². The average molecular weight is 270 g/mol. The van der Waals surface area contributed by atoms with Crippen LogP contribution < -0.4 is 5.73 Å². The van der Waals surface area contributed by atoms with Crippen LogP contribution in [0.2, 0.25) is 0 Å². The largest absolute Gasteiger partial charge is 0.416 e. The van der Waals surface area contributed by atoms with Crippen LogP contribution in [0.1, 0.15) is 11.1 Å². The molecule has 0 radical (unpaired) electrons. The number of nitrogens with two attached hydrogens (primary N) is 1. The summed E-state index contributed by atoms with van der Waals surface area (Å²) >= 11 is 0. The van der Waals surface area contributed by atoms with Gasteiger partial charge in [0.15, 0.2) is 0 Å². The number of hydrogen-bond donors (Lipinski definition) is 1. The van der Waals surface area contributed by atoms with Gasteiger partial charge in [0.2, 0.25) is 5.91 Å². The quantitative estimate of drug-likeness (QED) is 0.845. The number of carbonyl (C=O) groups is 1. The molecule has 19 heavy (non-hydrogen) atoms. The van der Waals surface area contributed by atoms with Crippen LogP contribution in [-0.4, -0.2) is 30.9 Å². The van der Waals surface area contributed by atoms with Gasteiger partial charge in [-0.15, -0.1) is 0 Å². The standard InChI is InChI=1S/C13H13F3N2O/c1-18(9-12(17)19)8-2-3-10-4-6-11(7-5-10)13(14,15)16/h4-7H,8-9H2,1H3,(H2,17,19). The Morgan fingerprint density at radius 2 is 1.89 bits per heavy atom. The van der Waals surface area contributed by atoms with Crippen molar-refractivity contribution in [3.63, 3.8) is 0 Å². The minimum atomic E-state index is -4.34. The van der Waals surface area contributed by atoms with E-state index in [4.69, 9.17) is 5.73 Å². The van der Waals surface area contributed by atoms with Gasteiger partial charge < -0.3 is 5.73 Å². The van der Waals surface area contributed by atoms with Crippen molar-refractivity contribution in [2.75, 3.05) is 20.1 Å². The molecule has 0 aromatic heterocycles. The maximum Gasteiger partial charge on any atom is 0.416 e. The third-order valence-corrected chi connectivity index (χ3v) is 2.22. The van der Waals surface area contributed by atoms with Gasteiger partial charge in [-0.3, -0.25) is 9.69 Å². The van der Waals surface area contributed by atoms with E-state index in [1.165, 1.54) is 12.1 Å². The number of carbonyl (C=O) groups excluding carboxylic acids is 1. The van der Waals surface area contributed by atoms with Crippen LogP contribution >= 0.6 is 0 Å². The second kappa shape index (κ2) is 6.25. The van der Waals surface area contributed by atoms with Crippen molar-refractivity contribution in [2.24, 2.45) is 5.73 Å². The molecule has 0 saturated carbocycles. The minimum absolute atomic E-state index is 0.0850. The number of benzene rings is 1. The monoisotopic (exact) mass is 270 g/mol. The molecule has 0 aliphatic heterocycles. The van der Waals surface area contributed by atoms with Crippen LogP contribution in [0.25, 0.3) is 0 Å². The highest BCUT2D eigenvalue weighted by Crippen LogP contribution is 2.28. The number of amides is 1. The van der Waals surface area contributed by atoms with Gasteiger partial charge in [-0.2, -0.15) is 13.2 Å². The van der Waals surface area contributed by atoms with E-state index in [9.17, 15) is 18.0 Å². The van der Waals surface area contributed by atoms with E-state index >= 15 is 0 Å². The van der Waals surface area contributed by atoms with Crippen molar-refractivity contribution in [1.29, 1.82) is 0 Å². The molecule has 1 amide bonds. The Morgan fingerprint density at radius 3 is 2.37 bits per heavy atom. The zero-order valence-electron chi connectivity index (χ0n) is 10.3. The summed E-state index contributed by atoms with van der Waals surface area (Å²) in [4.78, 5) is 12.2. The smallest absolute Gasteiger partial charge is 0.369 e. The number of rotatable bonds is 3. The molecule has 1 aromatic carbocycles. The minimum Gasteiger partial charge on any atom is -0.369 e. The number of likely N-dealkylation sites (N-methyl/N-ethyl adjacent to an activating group) is 1. The number of halogens is 3. The molecule has 0 fully saturated rings. The summed E-state index contributed by atoms with van der Waals surface area (Å²) in [6, 6.07) is 4.59. The zero-order valence-corrected chi connectivity index (χ0v) is 10.3. The molecule has 0 aliphatic rings. The van der Waals surface area contributed by atoms with Crippen molar-refractivity contribution in [2.45, 2.75) is 6.18 Å². The average Bonchev–Trinajstić information content (AvgIpc) is 2.27. The normalized spacial score (nSPS) is 11.0. The Hall–Kier alpha value is -2.00. The number of primary amides is 1. The fourth-order valence-corrected chi connectivity index (χ4v) is 1.34. The summed E-state index contributed by atoms with van der Waals surface area (Å²) in [5.41, 5.74) is 4.78. The van der Waals surface area contributed by atoms with Crippen LogP contribution in [0, 0.1) is 11.8 Å². The molecule has 3 nitrogen and oxygen atoms in total. The lowest BCUT2D eigenvalue weighted by Crippen LogP contribution is -2.30. The van der Waals surface area contributed by atoms with Crippen LogP contribution in [0.3, 0.4) is 0 Å². The SMILES string of the molecule is CN(CC#Cc1ccc(C(F)(F)F)cc1)CC(N)=O. The first-order chi connectivity index (χ1) is 8.79.